The number of hydrogen-bond acceptors (Lipinski definition) is 14. The molecule has 10 atom stereocenters. The number of hydrogen-bond donors (Lipinski definition) is 5. The number of phenols is 1. The molecule has 0 spiro atoms. The minimum absolute atomic E-state index is 0. The summed E-state index contributed by atoms with van der Waals surface area (Å²) in [6.45, 7) is 4.77. The summed E-state index contributed by atoms with van der Waals surface area (Å²) in [5.74, 6) is -0.425. The van der Waals surface area contributed by atoms with Crippen molar-refractivity contribution in [1.29, 1.82) is 0 Å². The Morgan fingerprint density at radius 1 is 0.723 bits per heavy atom. The zero-order valence-electron chi connectivity index (χ0n) is 26.1. The van der Waals surface area contributed by atoms with Crippen molar-refractivity contribution in [2.24, 2.45) is 0 Å². The van der Waals surface area contributed by atoms with Gasteiger partial charge in [-0.1, -0.05) is 18.2 Å². The van der Waals surface area contributed by atoms with E-state index in [9.17, 15) is 35.1 Å². The van der Waals surface area contributed by atoms with Crippen LogP contribution >= 0.6 is 0 Å². The third kappa shape index (κ3) is 5.23. The third-order valence-corrected chi connectivity index (χ3v) is 9.03. The molecule has 245 valence electrons. The second-order valence-corrected chi connectivity index (χ2v) is 11.8. The van der Waals surface area contributed by atoms with Crippen molar-refractivity contribution in [2.75, 3.05) is 7.11 Å². The van der Waals surface area contributed by atoms with Gasteiger partial charge in [-0.15, -0.1) is 0 Å². The molecular formula is C32H32NaO14. The molecule has 5 N–H and O–H groups in total. The molecule has 0 bridgehead atoms. The maximum absolute atomic E-state index is 13.4. The summed E-state index contributed by atoms with van der Waals surface area (Å²) in [5, 5.41) is 55.1. The molecule has 47 heavy (non-hydrogen) atoms. The number of ether oxygens (including phenoxy) is 5. The van der Waals surface area contributed by atoms with E-state index >= 15 is 0 Å². The Bertz CT molecular complexity index is 2080. The number of methoxy groups -OCH3 is 1. The molecule has 0 aliphatic carbocycles. The first kappa shape index (κ1) is 34.0. The Labute approximate surface area is 287 Å². The Hall–Kier alpha value is -2.86. The van der Waals surface area contributed by atoms with Crippen LogP contribution in [0.5, 0.6) is 11.5 Å². The molecule has 2 fully saturated rings. The number of benzene rings is 3. The standard InChI is InChI=1S/C32H32O14.Na/c1-10-8-9-15-18-16(10)29(38)45-26-17-13(23(35)20(19(18)26)30(39)43-15)6-5-7-14(17)44-32-28(24(36)21(33)11(2)42-32)46-31-25(37)27(40-4)22(34)12(3)41-31;/h5-9,11-12,21-22,24-25,27-28,31-37H,1-4H3;/t11-,12-,21+,22+,24+,25-,27+,28-,31-,32+;/m1./s1. The maximum Gasteiger partial charge on any atom is 0.348 e. The molecule has 1 radical (unpaired) electrons. The van der Waals surface area contributed by atoms with Gasteiger partial charge in [0.1, 0.15) is 53.0 Å². The molecule has 0 amide bonds. The van der Waals surface area contributed by atoms with E-state index in [2.05, 4.69) is 0 Å². The second kappa shape index (κ2) is 12.5. The molecule has 0 saturated carbocycles. The van der Waals surface area contributed by atoms with Crippen LogP contribution in [0.25, 0.3) is 43.5 Å². The topological polar surface area (TPSA) is 208 Å². The number of phenolic OH excluding ortho intramolecular Hbond substituents is 1. The summed E-state index contributed by atoms with van der Waals surface area (Å²) < 4.78 is 40.4. The SMILES string of the molecule is CO[C@H]1[C@@H](O)[C@@H](C)O[C@H](O[C@H]2[C@H](Oc3cccc4c(O)c5c(=O)oc6ccc(C)c7c(=O)oc(c34)c5c67)O[C@H](C)[C@H](O)[C@@H]2O)[C@@H]1O.[Na]. The van der Waals surface area contributed by atoms with Gasteiger partial charge in [-0.3, -0.25) is 0 Å². The van der Waals surface area contributed by atoms with Crippen LogP contribution in [0.3, 0.4) is 0 Å². The van der Waals surface area contributed by atoms with Crippen LogP contribution < -0.4 is 16.0 Å². The number of fused-ring (bicyclic) bond motifs is 2. The zero-order valence-corrected chi connectivity index (χ0v) is 28.1. The van der Waals surface area contributed by atoms with Gasteiger partial charge in [0.15, 0.2) is 18.0 Å². The van der Waals surface area contributed by atoms with E-state index in [0.717, 1.165) is 0 Å². The van der Waals surface area contributed by atoms with E-state index in [1.54, 1.807) is 26.0 Å². The largest absolute Gasteiger partial charge is 0.506 e. The first-order valence-electron chi connectivity index (χ1n) is 14.7. The monoisotopic (exact) mass is 663 g/mol. The van der Waals surface area contributed by atoms with Gasteiger partial charge in [-0.2, -0.15) is 0 Å². The van der Waals surface area contributed by atoms with Crippen LogP contribution in [-0.4, -0.2) is 124 Å². The van der Waals surface area contributed by atoms with E-state index in [4.69, 9.17) is 32.5 Å². The van der Waals surface area contributed by atoms with Crippen LogP contribution in [0, 0.1) is 6.92 Å². The fourth-order valence-corrected chi connectivity index (χ4v) is 6.58. The van der Waals surface area contributed by atoms with Gasteiger partial charge in [-0.25, -0.2) is 9.59 Å². The molecule has 2 saturated heterocycles. The van der Waals surface area contributed by atoms with Gasteiger partial charge in [0, 0.05) is 52.8 Å². The van der Waals surface area contributed by atoms with E-state index in [1.807, 2.05) is 0 Å². The predicted molar refractivity (Wildman–Crippen MR) is 166 cm³/mol. The third-order valence-electron chi connectivity index (χ3n) is 9.03. The number of aromatic hydroxyl groups is 1. The molecule has 4 heterocycles. The minimum atomic E-state index is -1.60. The molecule has 2 aliphatic rings. The Morgan fingerprint density at radius 2 is 1.40 bits per heavy atom. The number of rotatable bonds is 5. The van der Waals surface area contributed by atoms with Crippen molar-refractivity contribution >= 4 is 73.0 Å². The summed E-state index contributed by atoms with van der Waals surface area (Å²) in [4.78, 5) is 26.5. The predicted octanol–water partition coefficient (Wildman–Crippen LogP) is 0.989. The molecule has 3 aromatic carbocycles. The summed E-state index contributed by atoms with van der Waals surface area (Å²) in [6.07, 6.45) is -13.0. The number of aliphatic hydroxyl groups excluding tert-OH is 4. The number of aliphatic hydroxyl groups is 4. The molecular weight excluding hydrogens is 631 g/mol. The fraction of sp³-hybridized carbons (Fsp3) is 0.438. The van der Waals surface area contributed by atoms with Crippen molar-refractivity contribution in [1.82, 2.24) is 0 Å². The van der Waals surface area contributed by atoms with Crippen LogP contribution in [-0.2, 0) is 18.9 Å². The van der Waals surface area contributed by atoms with Gasteiger partial charge >= 0.3 is 11.3 Å². The van der Waals surface area contributed by atoms with Gasteiger partial charge in [0.05, 0.1) is 23.0 Å². The van der Waals surface area contributed by atoms with Gasteiger partial charge in [-0.05, 0) is 38.5 Å². The maximum atomic E-state index is 13.4. The van der Waals surface area contributed by atoms with Crippen LogP contribution in [0.4, 0.5) is 0 Å². The van der Waals surface area contributed by atoms with Crippen molar-refractivity contribution in [3.05, 3.63) is 56.7 Å². The van der Waals surface area contributed by atoms with Crippen LogP contribution in [0.15, 0.2) is 48.8 Å². The summed E-state index contributed by atoms with van der Waals surface area (Å²) in [7, 11) is 1.30. The van der Waals surface area contributed by atoms with Gasteiger partial charge in [0.25, 0.3) is 0 Å². The van der Waals surface area contributed by atoms with Crippen molar-refractivity contribution in [2.45, 2.75) is 82.2 Å². The molecule has 15 heteroatoms. The Morgan fingerprint density at radius 3 is 2.13 bits per heavy atom. The first-order valence-corrected chi connectivity index (χ1v) is 14.7. The molecule has 0 unspecified atom stereocenters. The van der Waals surface area contributed by atoms with E-state index in [-0.39, 0.29) is 73.4 Å². The van der Waals surface area contributed by atoms with E-state index < -0.39 is 78.4 Å². The summed E-state index contributed by atoms with van der Waals surface area (Å²) in [6, 6.07) is 7.70. The normalized spacial score (nSPS) is 31.5. The average Bonchev–Trinajstić information content (AvgIpc) is 3.02. The van der Waals surface area contributed by atoms with Crippen molar-refractivity contribution < 1.29 is 58.1 Å². The fourth-order valence-electron chi connectivity index (χ4n) is 6.58. The minimum Gasteiger partial charge on any atom is -0.506 e. The van der Waals surface area contributed by atoms with E-state index in [1.165, 1.54) is 32.2 Å². The quantitative estimate of drug-likeness (QED) is 0.0770. The average molecular weight is 664 g/mol. The van der Waals surface area contributed by atoms with Gasteiger partial charge < -0.3 is 58.1 Å². The van der Waals surface area contributed by atoms with Crippen molar-refractivity contribution in [3.63, 3.8) is 0 Å². The van der Waals surface area contributed by atoms with Crippen molar-refractivity contribution in [3.8, 4) is 11.5 Å². The van der Waals surface area contributed by atoms with Gasteiger partial charge in [0.2, 0.25) is 6.29 Å². The number of aryl methyl sites for hydroxylation is 1. The summed E-state index contributed by atoms with van der Waals surface area (Å²) >= 11 is 0. The molecule has 5 aromatic rings. The smallest absolute Gasteiger partial charge is 0.348 e. The Balaban J connectivity index is 0.00000386. The van der Waals surface area contributed by atoms with E-state index in [0.29, 0.717) is 10.9 Å². The molecule has 14 nitrogen and oxygen atoms in total. The molecule has 2 aromatic heterocycles. The van der Waals surface area contributed by atoms with Crippen LogP contribution in [0.2, 0.25) is 0 Å². The zero-order chi connectivity index (χ0) is 32.8. The van der Waals surface area contributed by atoms with Crippen LogP contribution in [0.1, 0.15) is 19.4 Å². The summed E-state index contributed by atoms with van der Waals surface area (Å²) in [5.41, 5.74) is -0.899. The molecule has 2 aliphatic heterocycles. The molecule has 7 rings (SSSR count). The second-order valence-electron chi connectivity index (χ2n) is 11.8. The first-order chi connectivity index (χ1) is 21.9. The Kier molecular flexibility index (Phi) is 9.08.